The minimum absolute atomic E-state index is 0.527. The molecule has 1 aliphatic rings. The predicted molar refractivity (Wildman–Crippen MR) is 80.0 cm³/mol. The van der Waals surface area contributed by atoms with Gasteiger partial charge in [-0.15, -0.1) is 0 Å². The van der Waals surface area contributed by atoms with Crippen LogP contribution < -0.4 is 10.2 Å². The lowest BCUT2D eigenvalue weighted by Crippen LogP contribution is -2.37. The second kappa shape index (κ2) is 5.74. The second-order valence-electron chi connectivity index (χ2n) is 5.70. The Morgan fingerprint density at radius 3 is 2.37 bits per heavy atom. The molecule has 0 aromatic carbocycles. The third-order valence-corrected chi connectivity index (χ3v) is 3.84. The number of anilines is 2. The Bertz CT molecular complexity index is 436. The van der Waals surface area contributed by atoms with Crippen molar-refractivity contribution in [3.63, 3.8) is 0 Å². The molecule has 0 saturated carbocycles. The quantitative estimate of drug-likeness (QED) is 0.898. The molecule has 0 aliphatic carbocycles. The fourth-order valence-electron chi connectivity index (χ4n) is 2.30. The van der Waals surface area contributed by atoms with E-state index in [1.54, 1.807) is 0 Å². The van der Waals surface area contributed by atoms with Gasteiger partial charge < -0.3 is 15.1 Å². The zero-order chi connectivity index (χ0) is 14.0. The minimum Gasteiger partial charge on any atom is -0.367 e. The van der Waals surface area contributed by atoms with Gasteiger partial charge >= 0.3 is 0 Å². The van der Waals surface area contributed by atoms with Crippen LogP contribution in [0, 0.1) is 13.8 Å². The highest BCUT2D eigenvalue weighted by atomic mass is 15.2. The Hall–Kier alpha value is -1.36. The molecule has 2 rings (SSSR count). The van der Waals surface area contributed by atoms with Crippen molar-refractivity contribution in [1.29, 1.82) is 0 Å². The standard InChI is InChI=1S/C14H25N5/c1-10-11(2)15-14(18(3)4)17-13(10)16-12-6-8-19(5)9-7-12/h12H,6-9H2,1-5H3,(H,15,16,17). The summed E-state index contributed by atoms with van der Waals surface area (Å²) in [7, 11) is 6.13. The number of rotatable bonds is 3. The summed E-state index contributed by atoms with van der Waals surface area (Å²) in [6, 6.07) is 0.527. The van der Waals surface area contributed by atoms with E-state index in [4.69, 9.17) is 0 Å². The van der Waals surface area contributed by atoms with Crippen molar-refractivity contribution in [1.82, 2.24) is 14.9 Å². The lowest BCUT2D eigenvalue weighted by Gasteiger charge is -2.30. The van der Waals surface area contributed by atoms with Crippen LogP contribution in [0.5, 0.6) is 0 Å². The topological polar surface area (TPSA) is 44.3 Å². The number of likely N-dealkylation sites (tertiary alicyclic amines) is 1. The highest BCUT2D eigenvalue weighted by Crippen LogP contribution is 2.21. The maximum absolute atomic E-state index is 4.64. The molecule has 1 saturated heterocycles. The van der Waals surface area contributed by atoms with Crippen LogP contribution >= 0.6 is 0 Å². The van der Waals surface area contributed by atoms with Crippen LogP contribution in [-0.2, 0) is 0 Å². The monoisotopic (exact) mass is 263 g/mol. The summed E-state index contributed by atoms with van der Waals surface area (Å²) in [5.41, 5.74) is 2.21. The first kappa shape index (κ1) is 14.1. The number of aryl methyl sites for hydroxylation is 1. The van der Waals surface area contributed by atoms with Crippen molar-refractivity contribution in [3.8, 4) is 0 Å². The van der Waals surface area contributed by atoms with E-state index in [-0.39, 0.29) is 0 Å². The Morgan fingerprint density at radius 2 is 1.79 bits per heavy atom. The molecule has 0 unspecified atom stereocenters. The van der Waals surface area contributed by atoms with Crippen LogP contribution in [-0.4, -0.2) is 55.1 Å². The summed E-state index contributed by atoms with van der Waals surface area (Å²) in [5.74, 6) is 1.77. The first-order valence-electron chi connectivity index (χ1n) is 6.95. The van der Waals surface area contributed by atoms with E-state index >= 15 is 0 Å². The normalized spacial score (nSPS) is 17.5. The van der Waals surface area contributed by atoms with Crippen LogP contribution in [0.4, 0.5) is 11.8 Å². The van der Waals surface area contributed by atoms with Gasteiger partial charge in [0.05, 0.1) is 0 Å². The van der Waals surface area contributed by atoms with E-state index in [1.807, 2.05) is 25.9 Å². The van der Waals surface area contributed by atoms with Gasteiger partial charge in [-0.2, -0.15) is 4.98 Å². The van der Waals surface area contributed by atoms with E-state index in [9.17, 15) is 0 Å². The Balaban J connectivity index is 2.15. The number of nitrogens with zero attached hydrogens (tertiary/aromatic N) is 4. The van der Waals surface area contributed by atoms with Gasteiger partial charge in [-0.3, -0.25) is 0 Å². The number of hydrogen-bond acceptors (Lipinski definition) is 5. The molecule has 0 amide bonds. The van der Waals surface area contributed by atoms with Crippen LogP contribution in [0.3, 0.4) is 0 Å². The molecule has 0 spiro atoms. The van der Waals surface area contributed by atoms with Gasteiger partial charge in [-0.05, 0) is 46.8 Å². The van der Waals surface area contributed by atoms with E-state index < -0.39 is 0 Å². The van der Waals surface area contributed by atoms with E-state index in [0.29, 0.717) is 6.04 Å². The van der Waals surface area contributed by atoms with E-state index in [2.05, 4.69) is 34.2 Å². The highest BCUT2D eigenvalue weighted by Gasteiger charge is 2.18. The smallest absolute Gasteiger partial charge is 0.227 e. The van der Waals surface area contributed by atoms with Gasteiger partial charge in [0, 0.05) is 31.4 Å². The molecule has 2 heterocycles. The molecule has 1 N–H and O–H groups in total. The average Bonchev–Trinajstić information content (AvgIpc) is 2.37. The molecule has 0 atom stereocenters. The predicted octanol–water partition coefficient (Wildman–Crippen LogP) is 1.67. The fraction of sp³-hybridized carbons (Fsp3) is 0.714. The largest absolute Gasteiger partial charge is 0.367 e. The Kier molecular flexibility index (Phi) is 4.24. The third-order valence-electron chi connectivity index (χ3n) is 3.84. The maximum Gasteiger partial charge on any atom is 0.227 e. The van der Waals surface area contributed by atoms with E-state index in [0.717, 1.165) is 36.1 Å². The van der Waals surface area contributed by atoms with Crippen molar-refractivity contribution in [2.24, 2.45) is 0 Å². The van der Waals surface area contributed by atoms with Crippen molar-refractivity contribution < 1.29 is 0 Å². The van der Waals surface area contributed by atoms with Crippen molar-refractivity contribution >= 4 is 11.8 Å². The number of nitrogens with one attached hydrogen (secondary N) is 1. The zero-order valence-electron chi connectivity index (χ0n) is 12.7. The van der Waals surface area contributed by atoms with E-state index in [1.165, 1.54) is 12.8 Å². The molecule has 5 heteroatoms. The molecular weight excluding hydrogens is 238 g/mol. The van der Waals surface area contributed by atoms with Crippen LogP contribution in [0.1, 0.15) is 24.1 Å². The lowest BCUT2D eigenvalue weighted by atomic mass is 10.1. The van der Waals surface area contributed by atoms with Crippen molar-refractivity contribution in [3.05, 3.63) is 11.3 Å². The third kappa shape index (κ3) is 3.35. The first-order valence-corrected chi connectivity index (χ1v) is 6.95. The summed E-state index contributed by atoms with van der Waals surface area (Å²) >= 11 is 0. The van der Waals surface area contributed by atoms with Crippen molar-refractivity contribution in [2.75, 3.05) is 44.4 Å². The molecule has 0 bridgehead atoms. The first-order chi connectivity index (χ1) is 8.97. The lowest BCUT2D eigenvalue weighted by molar-refractivity contribution is 0.263. The molecule has 19 heavy (non-hydrogen) atoms. The number of piperidine rings is 1. The Morgan fingerprint density at radius 1 is 1.16 bits per heavy atom. The van der Waals surface area contributed by atoms with Gasteiger partial charge in [0.2, 0.25) is 5.95 Å². The van der Waals surface area contributed by atoms with Crippen LogP contribution in [0.2, 0.25) is 0 Å². The summed E-state index contributed by atoms with van der Waals surface area (Å²) < 4.78 is 0. The molecule has 1 aromatic heterocycles. The fourth-order valence-corrected chi connectivity index (χ4v) is 2.30. The second-order valence-corrected chi connectivity index (χ2v) is 5.70. The number of aromatic nitrogens is 2. The molecule has 106 valence electrons. The Labute approximate surface area is 116 Å². The van der Waals surface area contributed by atoms with Gasteiger partial charge in [0.1, 0.15) is 5.82 Å². The van der Waals surface area contributed by atoms with Gasteiger partial charge in [0.15, 0.2) is 0 Å². The molecule has 0 radical (unpaired) electrons. The van der Waals surface area contributed by atoms with Gasteiger partial charge in [-0.25, -0.2) is 4.98 Å². The van der Waals surface area contributed by atoms with Crippen LogP contribution in [0.25, 0.3) is 0 Å². The number of hydrogen-bond donors (Lipinski definition) is 1. The zero-order valence-corrected chi connectivity index (χ0v) is 12.7. The highest BCUT2D eigenvalue weighted by molar-refractivity contribution is 5.50. The minimum atomic E-state index is 0.527. The average molecular weight is 263 g/mol. The van der Waals surface area contributed by atoms with Gasteiger partial charge in [-0.1, -0.05) is 0 Å². The molecular formula is C14H25N5. The van der Waals surface area contributed by atoms with Crippen molar-refractivity contribution in [2.45, 2.75) is 32.7 Å². The summed E-state index contributed by atoms with van der Waals surface area (Å²) in [6.07, 6.45) is 2.35. The maximum atomic E-state index is 4.64. The molecule has 5 nitrogen and oxygen atoms in total. The molecule has 1 fully saturated rings. The molecule has 1 aromatic rings. The summed E-state index contributed by atoms with van der Waals surface area (Å²) in [5, 5.41) is 3.60. The summed E-state index contributed by atoms with van der Waals surface area (Å²) in [6.45, 7) is 6.44. The SMILES string of the molecule is Cc1nc(N(C)C)nc(NC2CCN(C)CC2)c1C. The van der Waals surface area contributed by atoms with Crippen LogP contribution in [0.15, 0.2) is 0 Å². The summed E-state index contributed by atoms with van der Waals surface area (Å²) in [4.78, 5) is 13.5. The van der Waals surface area contributed by atoms with Gasteiger partial charge in [0.25, 0.3) is 0 Å². The molecule has 1 aliphatic heterocycles.